The van der Waals surface area contributed by atoms with Gasteiger partial charge in [-0.15, -0.1) is 32.9 Å². The minimum absolute atomic E-state index is 0.776. The lowest BCUT2D eigenvalue weighted by Crippen LogP contribution is -1.99. The van der Waals surface area contributed by atoms with Gasteiger partial charge in [0, 0.05) is 35.2 Å². The third-order valence-electron chi connectivity index (χ3n) is 3.76. The van der Waals surface area contributed by atoms with Crippen LogP contribution < -0.4 is 5.32 Å². The van der Waals surface area contributed by atoms with Gasteiger partial charge in [0.25, 0.3) is 0 Å². The molecule has 5 nitrogen and oxygen atoms in total. The molecule has 0 spiro atoms. The molecule has 3 heterocycles. The van der Waals surface area contributed by atoms with Gasteiger partial charge in [0.05, 0.1) is 5.69 Å². The minimum atomic E-state index is 0.776. The third-order valence-corrected chi connectivity index (χ3v) is 6.50. The number of anilines is 2. The first-order valence-electron chi connectivity index (χ1n) is 8.08. The molecule has 4 aromatic rings. The molecule has 8 heteroatoms. The molecule has 0 saturated carbocycles. The fraction of sp³-hybridized carbons (Fsp3) is 0.167. The van der Waals surface area contributed by atoms with Crippen LogP contribution in [0.2, 0.25) is 0 Å². The van der Waals surface area contributed by atoms with Crippen LogP contribution in [0.1, 0.15) is 16.4 Å². The highest BCUT2D eigenvalue weighted by molar-refractivity contribution is 7.98. The number of aromatic nitrogens is 4. The van der Waals surface area contributed by atoms with Crippen LogP contribution in [-0.4, -0.2) is 19.7 Å². The Morgan fingerprint density at radius 3 is 2.77 bits per heavy atom. The molecular weight excluding hydrogens is 382 g/mol. The molecule has 0 amide bonds. The number of thiophene rings is 1. The van der Waals surface area contributed by atoms with Gasteiger partial charge in [-0.1, -0.05) is 36.0 Å². The SMILES string of the molecule is Cn1c(Cc2cccs2)nnc1SCc1csc(Nc2ccccc2)n1. The lowest BCUT2D eigenvalue weighted by Gasteiger charge is -2.02. The molecule has 0 fully saturated rings. The van der Waals surface area contributed by atoms with Crippen molar-refractivity contribution in [2.24, 2.45) is 7.05 Å². The molecule has 1 N–H and O–H groups in total. The van der Waals surface area contributed by atoms with E-state index >= 15 is 0 Å². The third kappa shape index (κ3) is 4.14. The van der Waals surface area contributed by atoms with Crippen LogP contribution in [0, 0.1) is 0 Å². The molecule has 132 valence electrons. The Hall–Kier alpha value is -2.16. The average Bonchev–Trinajstić information content (AvgIpc) is 3.39. The monoisotopic (exact) mass is 399 g/mol. The van der Waals surface area contributed by atoms with E-state index in [4.69, 9.17) is 0 Å². The number of nitrogens with zero attached hydrogens (tertiary/aromatic N) is 4. The number of hydrogen-bond donors (Lipinski definition) is 1. The highest BCUT2D eigenvalue weighted by Crippen LogP contribution is 2.26. The maximum atomic E-state index is 4.65. The smallest absolute Gasteiger partial charge is 0.191 e. The molecule has 0 bridgehead atoms. The van der Waals surface area contributed by atoms with Gasteiger partial charge in [-0.25, -0.2) is 4.98 Å². The van der Waals surface area contributed by atoms with E-state index in [1.807, 2.05) is 37.4 Å². The van der Waals surface area contributed by atoms with Crippen molar-refractivity contribution in [3.05, 3.63) is 69.6 Å². The fourth-order valence-corrected chi connectivity index (χ4v) is 4.77. The van der Waals surface area contributed by atoms with Crippen molar-refractivity contribution < 1.29 is 0 Å². The molecule has 0 aliphatic heterocycles. The minimum Gasteiger partial charge on any atom is -0.332 e. The second kappa shape index (κ2) is 8.03. The van der Waals surface area contributed by atoms with Gasteiger partial charge in [0.15, 0.2) is 10.3 Å². The fourth-order valence-electron chi connectivity index (χ4n) is 2.41. The standard InChI is InChI=1S/C18H17N5S3/c1-23-16(10-15-8-5-9-24-15)21-22-18(23)26-12-14-11-25-17(20-14)19-13-6-3-2-4-7-13/h2-9,11H,10,12H2,1H3,(H,19,20). The number of nitrogens with one attached hydrogen (secondary N) is 1. The van der Waals surface area contributed by atoms with E-state index < -0.39 is 0 Å². The Morgan fingerprint density at radius 1 is 1.08 bits per heavy atom. The first-order chi connectivity index (χ1) is 12.8. The molecule has 1 aromatic carbocycles. The van der Waals surface area contributed by atoms with Crippen LogP contribution in [0.4, 0.5) is 10.8 Å². The number of rotatable bonds is 7. The van der Waals surface area contributed by atoms with Gasteiger partial charge in [-0.05, 0) is 23.6 Å². The maximum absolute atomic E-state index is 4.65. The van der Waals surface area contributed by atoms with Crippen molar-refractivity contribution in [1.82, 2.24) is 19.7 Å². The van der Waals surface area contributed by atoms with Gasteiger partial charge in [-0.2, -0.15) is 0 Å². The Bertz CT molecular complexity index is 960. The first-order valence-corrected chi connectivity index (χ1v) is 10.8. The number of thiazole rings is 1. The average molecular weight is 400 g/mol. The first kappa shape index (κ1) is 17.3. The van der Waals surface area contributed by atoms with E-state index in [1.54, 1.807) is 34.4 Å². The predicted molar refractivity (Wildman–Crippen MR) is 110 cm³/mol. The van der Waals surface area contributed by atoms with Gasteiger partial charge >= 0.3 is 0 Å². The predicted octanol–water partition coefficient (Wildman–Crippen LogP) is 4.96. The molecular formula is C18H17N5S3. The quantitative estimate of drug-likeness (QED) is 0.445. The van der Waals surface area contributed by atoms with Gasteiger partial charge in [0.1, 0.15) is 5.82 Å². The molecule has 0 aliphatic rings. The van der Waals surface area contributed by atoms with Crippen molar-refractivity contribution in [1.29, 1.82) is 0 Å². The molecule has 0 aliphatic carbocycles. The van der Waals surface area contributed by atoms with E-state index in [1.165, 1.54) is 4.88 Å². The summed E-state index contributed by atoms with van der Waals surface area (Å²) in [5, 5.41) is 18.0. The second-order valence-corrected chi connectivity index (χ2v) is 8.47. The van der Waals surface area contributed by atoms with Crippen molar-refractivity contribution in [3.63, 3.8) is 0 Å². The van der Waals surface area contributed by atoms with Crippen LogP contribution in [-0.2, 0) is 19.2 Å². The van der Waals surface area contributed by atoms with Crippen molar-refractivity contribution in [2.45, 2.75) is 17.3 Å². The second-order valence-electron chi connectivity index (χ2n) is 5.64. The zero-order valence-electron chi connectivity index (χ0n) is 14.1. The van der Waals surface area contributed by atoms with E-state index in [2.05, 4.69) is 48.0 Å². The van der Waals surface area contributed by atoms with Crippen LogP contribution in [0.15, 0.2) is 58.4 Å². The summed E-state index contributed by atoms with van der Waals surface area (Å²) in [7, 11) is 2.02. The van der Waals surface area contributed by atoms with E-state index in [9.17, 15) is 0 Å². The highest BCUT2D eigenvalue weighted by Gasteiger charge is 2.11. The van der Waals surface area contributed by atoms with E-state index in [0.29, 0.717) is 0 Å². The van der Waals surface area contributed by atoms with Crippen molar-refractivity contribution >= 4 is 45.3 Å². The van der Waals surface area contributed by atoms with Crippen LogP contribution in [0.5, 0.6) is 0 Å². The summed E-state index contributed by atoms with van der Waals surface area (Å²) in [6.07, 6.45) is 0.823. The maximum Gasteiger partial charge on any atom is 0.191 e. The summed E-state index contributed by atoms with van der Waals surface area (Å²) in [5.74, 6) is 1.76. The lowest BCUT2D eigenvalue weighted by molar-refractivity contribution is 0.750. The normalized spacial score (nSPS) is 11.0. The summed E-state index contributed by atoms with van der Waals surface area (Å²) >= 11 is 5.02. The molecule has 0 atom stereocenters. The molecule has 3 aromatic heterocycles. The number of benzene rings is 1. The summed E-state index contributed by atoms with van der Waals surface area (Å²) < 4.78 is 2.07. The van der Waals surface area contributed by atoms with E-state index in [0.717, 1.165) is 39.7 Å². The topological polar surface area (TPSA) is 55.6 Å². The lowest BCUT2D eigenvalue weighted by atomic mass is 10.3. The van der Waals surface area contributed by atoms with Crippen molar-refractivity contribution in [2.75, 3.05) is 5.32 Å². The summed E-state index contributed by atoms with van der Waals surface area (Å²) in [6.45, 7) is 0. The molecule has 0 unspecified atom stereocenters. The number of thioether (sulfide) groups is 1. The Morgan fingerprint density at radius 2 is 1.96 bits per heavy atom. The zero-order chi connectivity index (χ0) is 17.8. The van der Waals surface area contributed by atoms with Gasteiger partial charge in [0.2, 0.25) is 0 Å². The Kier molecular flexibility index (Phi) is 5.33. The largest absolute Gasteiger partial charge is 0.332 e. The summed E-state index contributed by atoms with van der Waals surface area (Å²) in [4.78, 5) is 5.95. The van der Waals surface area contributed by atoms with Gasteiger partial charge in [-0.3, -0.25) is 0 Å². The van der Waals surface area contributed by atoms with Crippen molar-refractivity contribution in [3.8, 4) is 0 Å². The Labute approximate surface area is 164 Å². The van der Waals surface area contributed by atoms with Crippen LogP contribution >= 0.6 is 34.4 Å². The molecule has 0 radical (unpaired) electrons. The molecule has 26 heavy (non-hydrogen) atoms. The van der Waals surface area contributed by atoms with Gasteiger partial charge < -0.3 is 9.88 Å². The Balaban J connectivity index is 1.36. The highest BCUT2D eigenvalue weighted by atomic mass is 32.2. The van der Waals surface area contributed by atoms with Crippen LogP contribution in [0.3, 0.4) is 0 Å². The molecule has 0 saturated heterocycles. The summed E-state index contributed by atoms with van der Waals surface area (Å²) in [5.41, 5.74) is 2.09. The zero-order valence-corrected chi connectivity index (χ0v) is 16.6. The van der Waals surface area contributed by atoms with Crippen LogP contribution in [0.25, 0.3) is 0 Å². The molecule has 4 rings (SSSR count). The summed E-state index contributed by atoms with van der Waals surface area (Å²) in [6, 6.07) is 14.3. The number of para-hydroxylation sites is 1. The van der Waals surface area contributed by atoms with E-state index in [-0.39, 0.29) is 0 Å². The number of hydrogen-bond acceptors (Lipinski definition) is 7.